The van der Waals surface area contributed by atoms with E-state index in [1.807, 2.05) is 0 Å². The molecule has 1 rings (SSSR count). The lowest BCUT2D eigenvalue weighted by atomic mass is 9.65. The standard InChI is InChI=1S/C30H52O4/c1-3-5-12-19-28-26(18-13-8-6-10-15-21-29(31)32)24-23-25(17-4-2)27(28)20-14-9-7-11-16-22-30(33)34/h5,12,23-28H,3-4,6-11,13-22H2,1-2H3,(H,31,32)(H,33,34)/b12-5+. The summed E-state index contributed by atoms with van der Waals surface area (Å²) in [5.41, 5.74) is 0. The SMILES string of the molecule is CC/C=C/CC1C(CCCCCCCC(=O)O)C=CC(CCC)C1CCCCCCCC(=O)O. The number of hydrogen-bond acceptors (Lipinski definition) is 2. The molecule has 0 saturated heterocycles. The van der Waals surface area contributed by atoms with Crippen LogP contribution in [0.25, 0.3) is 0 Å². The van der Waals surface area contributed by atoms with E-state index in [0.29, 0.717) is 24.7 Å². The third-order valence-corrected chi connectivity index (χ3v) is 7.54. The maximum atomic E-state index is 10.7. The van der Waals surface area contributed by atoms with Gasteiger partial charge in [0.25, 0.3) is 0 Å². The van der Waals surface area contributed by atoms with Gasteiger partial charge in [-0.15, -0.1) is 0 Å². The maximum absolute atomic E-state index is 10.7. The van der Waals surface area contributed by atoms with Gasteiger partial charge in [-0.05, 0) is 68.6 Å². The summed E-state index contributed by atoms with van der Waals surface area (Å²) in [6.45, 7) is 4.51. The van der Waals surface area contributed by atoms with Crippen molar-refractivity contribution >= 4 is 11.9 Å². The third-order valence-electron chi connectivity index (χ3n) is 7.54. The molecule has 0 aromatic rings. The molecule has 0 aromatic heterocycles. The smallest absolute Gasteiger partial charge is 0.303 e. The first kappa shape index (κ1) is 30.5. The number of carbonyl (C=O) groups is 2. The highest BCUT2D eigenvalue weighted by Gasteiger charge is 2.34. The fourth-order valence-corrected chi connectivity index (χ4v) is 5.73. The summed E-state index contributed by atoms with van der Waals surface area (Å²) in [6, 6.07) is 0. The van der Waals surface area contributed by atoms with Gasteiger partial charge in [0.15, 0.2) is 0 Å². The zero-order valence-corrected chi connectivity index (χ0v) is 22.1. The molecule has 0 bridgehead atoms. The highest BCUT2D eigenvalue weighted by Crippen LogP contribution is 2.43. The molecule has 0 fully saturated rings. The van der Waals surface area contributed by atoms with E-state index in [4.69, 9.17) is 10.2 Å². The minimum absolute atomic E-state index is 0.303. The zero-order chi connectivity index (χ0) is 25.0. The first-order valence-electron chi connectivity index (χ1n) is 14.3. The van der Waals surface area contributed by atoms with Gasteiger partial charge in [0, 0.05) is 12.8 Å². The minimum Gasteiger partial charge on any atom is -0.481 e. The van der Waals surface area contributed by atoms with Gasteiger partial charge in [0.1, 0.15) is 0 Å². The lowest BCUT2D eigenvalue weighted by molar-refractivity contribution is -0.138. The summed E-state index contributed by atoms with van der Waals surface area (Å²) >= 11 is 0. The quantitative estimate of drug-likeness (QED) is 0.128. The van der Waals surface area contributed by atoms with Crippen molar-refractivity contribution in [1.29, 1.82) is 0 Å². The first-order valence-corrected chi connectivity index (χ1v) is 14.3. The van der Waals surface area contributed by atoms with Crippen molar-refractivity contribution in [3.63, 3.8) is 0 Å². The van der Waals surface area contributed by atoms with Gasteiger partial charge in [-0.1, -0.05) is 95.9 Å². The summed E-state index contributed by atoms with van der Waals surface area (Å²) < 4.78 is 0. The molecule has 0 saturated carbocycles. The van der Waals surface area contributed by atoms with Crippen LogP contribution in [0.4, 0.5) is 0 Å². The van der Waals surface area contributed by atoms with Crippen LogP contribution in [0.5, 0.6) is 0 Å². The maximum Gasteiger partial charge on any atom is 0.303 e. The van der Waals surface area contributed by atoms with Gasteiger partial charge in [-0.3, -0.25) is 9.59 Å². The summed E-state index contributed by atoms with van der Waals surface area (Å²) in [7, 11) is 0. The summed E-state index contributed by atoms with van der Waals surface area (Å²) in [6.07, 6.45) is 28.7. The Morgan fingerprint density at radius 2 is 1.15 bits per heavy atom. The van der Waals surface area contributed by atoms with Gasteiger partial charge in [0.05, 0.1) is 0 Å². The molecule has 4 heteroatoms. The second-order valence-corrected chi connectivity index (χ2v) is 10.3. The van der Waals surface area contributed by atoms with E-state index in [1.165, 1.54) is 57.8 Å². The molecule has 4 unspecified atom stereocenters. The number of rotatable bonds is 21. The van der Waals surface area contributed by atoms with Crippen molar-refractivity contribution in [3.05, 3.63) is 24.3 Å². The van der Waals surface area contributed by atoms with E-state index in [9.17, 15) is 9.59 Å². The van der Waals surface area contributed by atoms with E-state index in [2.05, 4.69) is 38.2 Å². The van der Waals surface area contributed by atoms with Crippen LogP contribution < -0.4 is 0 Å². The molecule has 0 heterocycles. The molecule has 34 heavy (non-hydrogen) atoms. The van der Waals surface area contributed by atoms with Crippen LogP contribution in [0.3, 0.4) is 0 Å². The van der Waals surface area contributed by atoms with Crippen LogP contribution >= 0.6 is 0 Å². The Hall–Kier alpha value is -1.58. The molecule has 196 valence electrons. The van der Waals surface area contributed by atoms with Crippen molar-refractivity contribution in [2.45, 2.75) is 129 Å². The van der Waals surface area contributed by atoms with E-state index in [0.717, 1.165) is 56.8 Å². The molecule has 0 radical (unpaired) electrons. The second kappa shape index (κ2) is 19.7. The van der Waals surface area contributed by atoms with Crippen LogP contribution in [-0.4, -0.2) is 22.2 Å². The van der Waals surface area contributed by atoms with Crippen LogP contribution in [-0.2, 0) is 9.59 Å². The summed E-state index contributed by atoms with van der Waals surface area (Å²) in [4.78, 5) is 21.4. The molecular weight excluding hydrogens is 424 g/mol. The van der Waals surface area contributed by atoms with Crippen molar-refractivity contribution in [3.8, 4) is 0 Å². The molecule has 0 spiro atoms. The number of hydrogen-bond donors (Lipinski definition) is 2. The number of unbranched alkanes of at least 4 members (excludes halogenated alkanes) is 8. The van der Waals surface area contributed by atoms with Gasteiger partial charge >= 0.3 is 11.9 Å². The first-order chi connectivity index (χ1) is 16.5. The molecule has 0 aromatic carbocycles. The highest BCUT2D eigenvalue weighted by atomic mass is 16.4. The van der Waals surface area contributed by atoms with Gasteiger partial charge < -0.3 is 10.2 Å². The molecule has 2 N–H and O–H groups in total. The molecule has 0 amide bonds. The van der Waals surface area contributed by atoms with E-state index in [-0.39, 0.29) is 0 Å². The fraction of sp³-hybridized carbons (Fsp3) is 0.800. The Labute approximate surface area is 209 Å². The van der Waals surface area contributed by atoms with Gasteiger partial charge in [-0.2, -0.15) is 0 Å². The van der Waals surface area contributed by atoms with Crippen LogP contribution in [0.2, 0.25) is 0 Å². The molecule has 4 nitrogen and oxygen atoms in total. The number of allylic oxidation sites excluding steroid dienone is 4. The van der Waals surface area contributed by atoms with Crippen LogP contribution in [0.1, 0.15) is 129 Å². The van der Waals surface area contributed by atoms with Crippen molar-refractivity contribution < 1.29 is 19.8 Å². The molecule has 4 atom stereocenters. The van der Waals surface area contributed by atoms with E-state index in [1.54, 1.807) is 0 Å². The normalized spacial score (nSPS) is 22.4. The predicted molar refractivity (Wildman–Crippen MR) is 142 cm³/mol. The van der Waals surface area contributed by atoms with Gasteiger partial charge in [0.2, 0.25) is 0 Å². The predicted octanol–water partition coefficient (Wildman–Crippen LogP) is 8.81. The lowest BCUT2D eigenvalue weighted by Gasteiger charge is -2.40. The topological polar surface area (TPSA) is 74.6 Å². The lowest BCUT2D eigenvalue weighted by Crippen LogP contribution is -2.31. The monoisotopic (exact) mass is 476 g/mol. The highest BCUT2D eigenvalue weighted by molar-refractivity contribution is 5.66. The van der Waals surface area contributed by atoms with E-state index >= 15 is 0 Å². The number of carboxylic acid groups (broad SMARTS) is 2. The number of carboxylic acids is 2. The summed E-state index contributed by atoms with van der Waals surface area (Å²) in [5, 5.41) is 17.6. The van der Waals surface area contributed by atoms with Crippen molar-refractivity contribution in [2.24, 2.45) is 23.7 Å². The Morgan fingerprint density at radius 1 is 0.647 bits per heavy atom. The third kappa shape index (κ3) is 14.0. The second-order valence-electron chi connectivity index (χ2n) is 10.3. The van der Waals surface area contributed by atoms with Crippen LogP contribution in [0.15, 0.2) is 24.3 Å². The van der Waals surface area contributed by atoms with Gasteiger partial charge in [-0.25, -0.2) is 0 Å². The molecule has 1 aliphatic carbocycles. The van der Waals surface area contributed by atoms with Crippen molar-refractivity contribution in [1.82, 2.24) is 0 Å². The minimum atomic E-state index is -0.678. The van der Waals surface area contributed by atoms with Crippen molar-refractivity contribution in [2.75, 3.05) is 0 Å². The Morgan fingerprint density at radius 3 is 1.68 bits per heavy atom. The molecule has 0 aliphatic heterocycles. The number of aliphatic carboxylic acids is 2. The van der Waals surface area contributed by atoms with E-state index < -0.39 is 11.9 Å². The Bertz CT molecular complexity index is 595. The summed E-state index contributed by atoms with van der Waals surface area (Å²) in [5.74, 6) is 1.49. The molecule has 1 aliphatic rings. The Kier molecular flexibility index (Phi) is 17.6. The van der Waals surface area contributed by atoms with Crippen LogP contribution in [0, 0.1) is 23.7 Å². The fourth-order valence-electron chi connectivity index (χ4n) is 5.73. The zero-order valence-electron chi connectivity index (χ0n) is 22.1. The molecular formula is C30H52O4. The largest absolute Gasteiger partial charge is 0.481 e. The average molecular weight is 477 g/mol. The average Bonchev–Trinajstić information content (AvgIpc) is 2.79. The Balaban J connectivity index is 2.61.